The fourth-order valence-corrected chi connectivity index (χ4v) is 4.88. The van der Waals surface area contributed by atoms with E-state index in [0.717, 1.165) is 10.8 Å². The molecule has 1 amide bonds. The Morgan fingerprint density at radius 3 is 2.44 bits per heavy atom. The van der Waals surface area contributed by atoms with E-state index in [-0.39, 0.29) is 33.6 Å². The Labute approximate surface area is 202 Å². The van der Waals surface area contributed by atoms with Crippen LogP contribution in [0.2, 0.25) is 5.02 Å². The third-order valence-electron chi connectivity index (χ3n) is 4.96. The summed E-state index contributed by atoms with van der Waals surface area (Å²) in [6.45, 7) is -0.250. The van der Waals surface area contributed by atoms with Crippen molar-refractivity contribution in [2.45, 2.75) is 4.90 Å². The summed E-state index contributed by atoms with van der Waals surface area (Å²) in [6.07, 6.45) is 0. The minimum absolute atomic E-state index is 0.115. The van der Waals surface area contributed by atoms with Gasteiger partial charge in [-0.05, 0) is 41.8 Å². The van der Waals surface area contributed by atoms with Gasteiger partial charge in [-0.15, -0.1) is 0 Å². The van der Waals surface area contributed by atoms with Crippen LogP contribution in [-0.4, -0.2) is 28.0 Å². The monoisotopic (exact) mass is 496 g/mol. The van der Waals surface area contributed by atoms with Gasteiger partial charge in [0.2, 0.25) is 0 Å². The second-order valence-corrected chi connectivity index (χ2v) is 9.32. The fraction of sp³-hybridized carbons (Fsp3) is 0.0800. The largest absolute Gasteiger partial charge is 0.495 e. The van der Waals surface area contributed by atoms with Crippen LogP contribution < -0.4 is 19.5 Å². The molecule has 0 fully saturated rings. The van der Waals surface area contributed by atoms with Crippen molar-refractivity contribution in [3.8, 4) is 11.5 Å². The molecule has 4 aromatic rings. The van der Waals surface area contributed by atoms with Crippen LogP contribution in [0.25, 0.3) is 10.8 Å². The number of benzene rings is 4. The summed E-state index contributed by atoms with van der Waals surface area (Å²) in [4.78, 5) is 12.4. The van der Waals surface area contributed by atoms with Crippen LogP contribution in [0.3, 0.4) is 0 Å². The lowest BCUT2D eigenvalue weighted by atomic mass is 10.1. The molecule has 0 atom stereocenters. The molecule has 7 nitrogen and oxygen atoms in total. The Morgan fingerprint density at radius 1 is 0.912 bits per heavy atom. The van der Waals surface area contributed by atoms with E-state index in [0.29, 0.717) is 5.75 Å². The van der Waals surface area contributed by atoms with E-state index in [1.165, 1.54) is 19.2 Å². The quantitative estimate of drug-likeness (QED) is 0.344. The predicted octanol–water partition coefficient (Wildman–Crippen LogP) is 5.32. The first-order chi connectivity index (χ1) is 16.4. The third-order valence-corrected chi connectivity index (χ3v) is 6.68. The summed E-state index contributed by atoms with van der Waals surface area (Å²) in [5.74, 6) is 0.250. The lowest BCUT2D eigenvalue weighted by Crippen LogP contribution is -2.21. The van der Waals surface area contributed by atoms with Gasteiger partial charge in [-0.2, -0.15) is 0 Å². The minimum Gasteiger partial charge on any atom is -0.495 e. The number of para-hydroxylation sites is 1. The van der Waals surface area contributed by atoms with E-state index in [4.69, 9.17) is 21.1 Å². The van der Waals surface area contributed by atoms with Crippen LogP contribution >= 0.6 is 11.6 Å². The van der Waals surface area contributed by atoms with Crippen molar-refractivity contribution in [3.05, 3.63) is 90.0 Å². The van der Waals surface area contributed by atoms with Crippen LogP contribution in [-0.2, 0) is 14.8 Å². The predicted molar refractivity (Wildman–Crippen MR) is 133 cm³/mol. The Balaban J connectivity index is 1.51. The minimum atomic E-state index is -4.06. The number of nitrogens with one attached hydrogen (secondary N) is 2. The highest BCUT2D eigenvalue weighted by atomic mass is 35.5. The summed E-state index contributed by atoms with van der Waals surface area (Å²) < 4.78 is 39.4. The lowest BCUT2D eigenvalue weighted by molar-refractivity contribution is -0.118. The average Bonchev–Trinajstić information content (AvgIpc) is 2.84. The molecule has 0 aliphatic heterocycles. The molecular weight excluding hydrogens is 476 g/mol. The van der Waals surface area contributed by atoms with Gasteiger partial charge in [0.15, 0.2) is 6.61 Å². The standard InChI is InChI=1S/C25H21ClN2O5S/c1-32-23-14-13-18(15-24(23)34(30,31)28-21-11-5-4-10-20(21)26)27-25(29)16-33-22-12-6-8-17-7-2-3-9-19(17)22/h2-15,28H,16H2,1H3,(H,27,29). The molecule has 0 aliphatic rings. The number of fused-ring (bicyclic) bond motifs is 1. The van der Waals surface area contributed by atoms with Crippen molar-refractivity contribution in [1.29, 1.82) is 0 Å². The molecule has 0 saturated heterocycles. The Bertz CT molecular complexity index is 1450. The van der Waals surface area contributed by atoms with Gasteiger partial charge in [0.05, 0.1) is 17.8 Å². The molecule has 0 saturated carbocycles. The fourth-order valence-electron chi connectivity index (χ4n) is 3.37. The zero-order chi connectivity index (χ0) is 24.1. The number of halogens is 1. The van der Waals surface area contributed by atoms with Crippen molar-refractivity contribution < 1.29 is 22.7 Å². The molecule has 4 aromatic carbocycles. The summed E-state index contributed by atoms with van der Waals surface area (Å²) >= 11 is 6.08. The average molecular weight is 497 g/mol. The van der Waals surface area contributed by atoms with Crippen LogP contribution in [0.4, 0.5) is 11.4 Å². The number of methoxy groups -OCH3 is 1. The van der Waals surface area contributed by atoms with E-state index < -0.39 is 15.9 Å². The molecule has 0 radical (unpaired) electrons. The number of anilines is 2. The molecule has 9 heteroatoms. The molecule has 0 unspecified atom stereocenters. The molecule has 174 valence electrons. The number of amides is 1. The van der Waals surface area contributed by atoms with Gasteiger partial charge in [0, 0.05) is 11.1 Å². The number of ether oxygens (including phenoxy) is 2. The number of hydrogen-bond donors (Lipinski definition) is 2. The highest BCUT2D eigenvalue weighted by molar-refractivity contribution is 7.92. The van der Waals surface area contributed by atoms with Crippen LogP contribution in [0, 0.1) is 0 Å². The van der Waals surface area contributed by atoms with E-state index in [9.17, 15) is 13.2 Å². The molecule has 2 N–H and O–H groups in total. The summed E-state index contributed by atoms with van der Waals surface area (Å²) in [5, 5.41) is 4.80. The molecule has 34 heavy (non-hydrogen) atoms. The SMILES string of the molecule is COc1ccc(NC(=O)COc2cccc3ccccc23)cc1S(=O)(=O)Nc1ccccc1Cl. The van der Waals surface area contributed by atoms with E-state index in [1.54, 1.807) is 36.4 Å². The van der Waals surface area contributed by atoms with Crippen molar-refractivity contribution in [1.82, 2.24) is 0 Å². The van der Waals surface area contributed by atoms with E-state index in [1.807, 2.05) is 36.4 Å². The second kappa shape index (κ2) is 10.0. The van der Waals surface area contributed by atoms with Gasteiger partial charge in [-0.3, -0.25) is 9.52 Å². The summed E-state index contributed by atoms with van der Waals surface area (Å²) in [7, 11) is -2.70. The molecule has 0 bridgehead atoms. The van der Waals surface area contributed by atoms with Crippen LogP contribution in [0.15, 0.2) is 89.8 Å². The van der Waals surface area contributed by atoms with Crippen molar-refractivity contribution >= 4 is 49.7 Å². The molecule has 0 aromatic heterocycles. The Kier molecular flexibility index (Phi) is 6.90. The topological polar surface area (TPSA) is 93.7 Å². The zero-order valence-electron chi connectivity index (χ0n) is 18.1. The number of hydrogen-bond acceptors (Lipinski definition) is 5. The first-order valence-electron chi connectivity index (χ1n) is 10.2. The Hall–Kier alpha value is -3.75. The number of carbonyl (C=O) groups excluding carboxylic acids is 1. The van der Waals surface area contributed by atoms with E-state index in [2.05, 4.69) is 10.0 Å². The second-order valence-electron chi connectivity index (χ2n) is 7.27. The summed E-state index contributed by atoms with van der Waals surface area (Å²) in [5.41, 5.74) is 0.496. The smallest absolute Gasteiger partial charge is 0.265 e. The zero-order valence-corrected chi connectivity index (χ0v) is 19.7. The van der Waals surface area contributed by atoms with Crippen LogP contribution in [0.5, 0.6) is 11.5 Å². The first-order valence-corrected chi connectivity index (χ1v) is 12.1. The van der Waals surface area contributed by atoms with E-state index >= 15 is 0 Å². The molecule has 0 aliphatic carbocycles. The van der Waals surface area contributed by atoms with Crippen molar-refractivity contribution in [2.24, 2.45) is 0 Å². The number of carbonyl (C=O) groups is 1. The van der Waals surface area contributed by atoms with Gasteiger partial charge < -0.3 is 14.8 Å². The maximum Gasteiger partial charge on any atom is 0.265 e. The third kappa shape index (κ3) is 5.24. The molecule has 0 spiro atoms. The van der Waals surface area contributed by atoms with Crippen molar-refractivity contribution in [2.75, 3.05) is 23.8 Å². The first kappa shape index (κ1) is 23.4. The highest BCUT2D eigenvalue weighted by Crippen LogP contribution is 2.31. The van der Waals surface area contributed by atoms with Gasteiger partial charge in [-0.1, -0.05) is 60.1 Å². The highest BCUT2D eigenvalue weighted by Gasteiger charge is 2.22. The van der Waals surface area contributed by atoms with Gasteiger partial charge >= 0.3 is 0 Å². The van der Waals surface area contributed by atoms with Gasteiger partial charge in [-0.25, -0.2) is 8.42 Å². The molecular formula is C25H21ClN2O5S. The Morgan fingerprint density at radius 2 is 1.65 bits per heavy atom. The van der Waals surface area contributed by atoms with Gasteiger partial charge in [0.25, 0.3) is 15.9 Å². The lowest BCUT2D eigenvalue weighted by Gasteiger charge is -2.14. The molecule has 4 rings (SSSR count). The summed E-state index contributed by atoms with van der Waals surface area (Å²) in [6, 6.07) is 24.1. The van der Waals surface area contributed by atoms with Gasteiger partial charge in [0.1, 0.15) is 16.4 Å². The normalized spacial score (nSPS) is 11.1. The van der Waals surface area contributed by atoms with Crippen LogP contribution in [0.1, 0.15) is 0 Å². The van der Waals surface area contributed by atoms with Crippen molar-refractivity contribution in [3.63, 3.8) is 0 Å². The maximum atomic E-state index is 13.0. The maximum absolute atomic E-state index is 13.0. The number of rotatable bonds is 8. The molecule has 0 heterocycles. The number of sulfonamides is 1.